The van der Waals surface area contributed by atoms with Crippen LogP contribution < -0.4 is 10.6 Å². The third-order valence-corrected chi connectivity index (χ3v) is 4.72. The summed E-state index contributed by atoms with van der Waals surface area (Å²) in [6.07, 6.45) is 0. The predicted octanol–water partition coefficient (Wildman–Crippen LogP) is 4.97. The van der Waals surface area contributed by atoms with Gasteiger partial charge in [0.25, 0.3) is 5.91 Å². The fourth-order valence-corrected chi connectivity index (χ4v) is 3.45. The lowest BCUT2D eigenvalue weighted by atomic mass is 10.1. The normalized spacial score (nSPS) is 10.7. The summed E-state index contributed by atoms with van der Waals surface area (Å²) in [5, 5.41) is 6.03. The monoisotopic (exact) mass is 400 g/mol. The van der Waals surface area contributed by atoms with Gasteiger partial charge in [-0.05, 0) is 74.6 Å². The number of carbonyl (C=O) groups is 1. The lowest BCUT2D eigenvalue weighted by Crippen LogP contribution is -2.34. The smallest absolute Gasteiger partial charge is 0.257 e. The van der Waals surface area contributed by atoms with Crippen molar-refractivity contribution in [3.8, 4) is 11.4 Å². The maximum absolute atomic E-state index is 12.4. The number of H-pyrrole nitrogens is 1. The second-order valence-corrected chi connectivity index (χ2v) is 7.37. The Morgan fingerprint density at radius 1 is 0.966 bits per heavy atom. The molecular weight excluding hydrogens is 380 g/mol. The van der Waals surface area contributed by atoms with E-state index >= 15 is 0 Å². The maximum Gasteiger partial charge on any atom is 0.257 e. The van der Waals surface area contributed by atoms with Crippen LogP contribution in [0.1, 0.15) is 21.5 Å². The molecule has 144 valence electrons. The van der Waals surface area contributed by atoms with Crippen molar-refractivity contribution in [2.75, 3.05) is 5.32 Å². The first-order valence-electron chi connectivity index (χ1n) is 9.24. The molecule has 3 N–H and O–H groups in total. The van der Waals surface area contributed by atoms with Crippen LogP contribution in [0.15, 0.2) is 66.7 Å². The highest BCUT2D eigenvalue weighted by molar-refractivity contribution is 7.80. The number of amides is 1. The summed E-state index contributed by atoms with van der Waals surface area (Å²) in [7, 11) is 0. The van der Waals surface area contributed by atoms with Gasteiger partial charge in [-0.3, -0.25) is 10.1 Å². The van der Waals surface area contributed by atoms with Crippen molar-refractivity contribution in [1.82, 2.24) is 15.3 Å². The van der Waals surface area contributed by atoms with E-state index in [1.807, 2.05) is 80.6 Å². The molecule has 0 aliphatic carbocycles. The highest BCUT2D eigenvalue weighted by Gasteiger charge is 2.10. The number of aromatic nitrogens is 2. The van der Waals surface area contributed by atoms with E-state index in [4.69, 9.17) is 12.2 Å². The SMILES string of the molecule is Cc1cc(C)cc(C(=O)NC(=S)Nc2ccc(-c3nc4ccccc4[nH]3)cc2)c1. The van der Waals surface area contributed by atoms with Crippen LogP contribution in [0.3, 0.4) is 0 Å². The fraction of sp³-hybridized carbons (Fsp3) is 0.0870. The molecular formula is C23H20N4OS. The van der Waals surface area contributed by atoms with Gasteiger partial charge in [-0.25, -0.2) is 4.98 Å². The number of para-hydroxylation sites is 2. The Morgan fingerprint density at radius 2 is 1.66 bits per heavy atom. The molecule has 0 bridgehead atoms. The Bertz CT molecular complexity index is 1160. The molecule has 5 nitrogen and oxygen atoms in total. The van der Waals surface area contributed by atoms with Gasteiger partial charge >= 0.3 is 0 Å². The molecule has 6 heteroatoms. The van der Waals surface area contributed by atoms with Gasteiger partial charge < -0.3 is 10.3 Å². The van der Waals surface area contributed by atoms with Crippen LogP contribution in [0, 0.1) is 13.8 Å². The van der Waals surface area contributed by atoms with Gasteiger partial charge in [0.1, 0.15) is 5.82 Å². The molecule has 1 aromatic heterocycles. The van der Waals surface area contributed by atoms with Crippen LogP contribution in [-0.2, 0) is 0 Å². The first-order chi connectivity index (χ1) is 14.0. The number of thiocarbonyl (C=S) groups is 1. The summed E-state index contributed by atoms with van der Waals surface area (Å²) in [5.41, 5.74) is 6.35. The largest absolute Gasteiger partial charge is 0.338 e. The van der Waals surface area contributed by atoms with E-state index in [1.165, 1.54) is 0 Å². The molecule has 29 heavy (non-hydrogen) atoms. The number of imidazole rings is 1. The number of rotatable bonds is 3. The van der Waals surface area contributed by atoms with Crippen LogP contribution in [0.2, 0.25) is 0 Å². The number of hydrogen-bond donors (Lipinski definition) is 3. The summed E-state index contributed by atoms with van der Waals surface area (Å²) >= 11 is 5.29. The standard InChI is InChI=1S/C23H20N4OS/c1-14-11-15(2)13-17(12-14)22(28)27-23(29)24-18-9-7-16(8-10-18)21-25-19-5-3-4-6-20(19)26-21/h3-13H,1-2H3,(H,25,26)(H2,24,27,28,29). The van der Waals surface area contributed by atoms with Crippen LogP contribution in [0.4, 0.5) is 5.69 Å². The Hall–Kier alpha value is -3.51. The van der Waals surface area contributed by atoms with Gasteiger partial charge in [-0.2, -0.15) is 0 Å². The molecule has 1 heterocycles. The molecule has 0 atom stereocenters. The minimum Gasteiger partial charge on any atom is -0.338 e. The highest BCUT2D eigenvalue weighted by atomic mass is 32.1. The summed E-state index contributed by atoms with van der Waals surface area (Å²) in [5.74, 6) is 0.580. The zero-order chi connectivity index (χ0) is 20.4. The lowest BCUT2D eigenvalue weighted by Gasteiger charge is -2.11. The number of aryl methyl sites for hydroxylation is 2. The average Bonchev–Trinajstić information content (AvgIpc) is 3.12. The molecule has 0 fully saturated rings. The molecule has 4 aromatic rings. The summed E-state index contributed by atoms with van der Waals surface area (Å²) < 4.78 is 0. The highest BCUT2D eigenvalue weighted by Crippen LogP contribution is 2.22. The van der Waals surface area contributed by atoms with Crippen molar-refractivity contribution in [3.63, 3.8) is 0 Å². The topological polar surface area (TPSA) is 69.8 Å². The Morgan fingerprint density at radius 3 is 2.34 bits per heavy atom. The zero-order valence-corrected chi connectivity index (χ0v) is 16.9. The quantitative estimate of drug-likeness (QED) is 0.425. The number of aromatic amines is 1. The van der Waals surface area contributed by atoms with Gasteiger partial charge in [-0.15, -0.1) is 0 Å². The Balaban J connectivity index is 1.42. The summed E-state index contributed by atoms with van der Waals surface area (Å²) in [6.45, 7) is 3.92. The molecule has 0 radical (unpaired) electrons. The van der Waals surface area contributed by atoms with Gasteiger partial charge in [-0.1, -0.05) is 29.3 Å². The molecule has 0 spiro atoms. The molecule has 3 aromatic carbocycles. The van der Waals surface area contributed by atoms with Crippen LogP contribution >= 0.6 is 12.2 Å². The van der Waals surface area contributed by atoms with Crippen molar-refractivity contribution in [2.24, 2.45) is 0 Å². The van der Waals surface area contributed by atoms with Gasteiger partial charge in [0, 0.05) is 16.8 Å². The number of nitrogens with one attached hydrogen (secondary N) is 3. The molecule has 0 unspecified atom stereocenters. The van der Waals surface area contributed by atoms with E-state index in [1.54, 1.807) is 0 Å². The van der Waals surface area contributed by atoms with Gasteiger partial charge in [0.05, 0.1) is 11.0 Å². The van der Waals surface area contributed by atoms with Gasteiger partial charge in [0.2, 0.25) is 0 Å². The Labute approximate surface area is 174 Å². The second-order valence-electron chi connectivity index (χ2n) is 6.96. The number of carbonyl (C=O) groups excluding carboxylic acids is 1. The van der Waals surface area contributed by atoms with Crippen molar-refractivity contribution < 1.29 is 4.79 Å². The number of anilines is 1. The van der Waals surface area contributed by atoms with E-state index in [2.05, 4.69) is 20.6 Å². The molecule has 0 aliphatic heterocycles. The summed E-state index contributed by atoms with van der Waals surface area (Å²) in [6, 6.07) is 21.3. The molecule has 0 saturated carbocycles. The van der Waals surface area contributed by atoms with Crippen LogP contribution in [-0.4, -0.2) is 21.0 Å². The van der Waals surface area contributed by atoms with E-state index < -0.39 is 0 Å². The van der Waals surface area contributed by atoms with Crippen molar-refractivity contribution >= 4 is 40.0 Å². The third-order valence-electron chi connectivity index (χ3n) is 4.52. The van der Waals surface area contributed by atoms with E-state index in [0.29, 0.717) is 5.56 Å². The molecule has 0 aliphatic rings. The predicted molar refractivity (Wildman–Crippen MR) is 121 cm³/mol. The lowest BCUT2D eigenvalue weighted by molar-refractivity contribution is 0.0977. The summed E-state index contributed by atoms with van der Waals surface area (Å²) in [4.78, 5) is 20.3. The first kappa shape index (κ1) is 18.8. The first-order valence-corrected chi connectivity index (χ1v) is 9.64. The number of fused-ring (bicyclic) bond motifs is 1. The molecule has 4 rings (SSSR count). The fourth-order valence-electron chi connectivity index (χ4n) is 3.24. The second kappa shape index (κ2) is 7.85. The molecule has 0 saturated heterocycles. The number of nitrogens with zero attached hydrogens (tertiary/aromatic N) is 1. The average molecular weight is 401 g/mol. The van der Waals surface area contributed by atoms with Gasteiger partial charge in [0.15, 0.2) is 5.11 Å². The minimum atomic E-state index is -0.229. The van der Waals surface area contributed by atoms with Crippen LogP contribution in [0.5, 0.6) is 0 Å². The van der Waals surface area contributed by atoms with Crippen molar-refractivity contribution in [1.29, 1.82) is 0 Å². The van der Waals surface area contributed by atoms with E-state index in [0.717, 1.165) is 39.2 Å². The zero-order valence-electron chi connectivity index (χ0n) is 16.1. The van der Waals surface area contributed by atoms with Crippen LogP contribution in [0.25, 0.3) is 22.4 Å². The van der Waals surface area contributed by atoms with Crippen molar-refractivity contribution in [2.45, 2.75) is 13.8 Å². The Kier molecular flexibility index (Phi) is 5.10. The van der Waals surface area contributed by atoms with E-state index in [9.17, 15) is 4.79 Å². The van der Waals surface area contributed by atoms with E-state index in [-0.39, 0.29) is 11.0 Å². The number of hydrogen-bond acceptors (Lipinski definition) is 3. The number of benzene rings is 3. The maximum atomic E-state index is 12.4. The third kappa shape index (κ3) is 4.33. The minimum absolute atomic E-state index is 0.229. The van der Waals surface area contributed by atoms with Crippen molar-refractivity contribution in [3.05, 3.63) is 83.4 Å². The molecule has 1 amide bonds.